The second-order valence-corrected chi connectivity index (χ2v) is 10.7. The van der Waals surface area contributed by atoms with Crippen LogP contribution >= 0.6 is 0 Å². The summed E-state index contributed by atoms with van der Waals surface area (Å²) in [5, 5.41) is 6.71. The lowest BCUT2D eigenvalue weighted by atomic mass is 10.1. The van der Waals surface area contributed by atoms with Crippen LogP contribution in [0.4, 0.5) is 10.3 Å². The van der Waals surface area contributed by atoms with E-state index in [1.54, 1.807) is 43.6 Å². The van der Waals surface area contributed by atoms with Crippen LogP contribution in [0.25, 0.3) is 22.3 Å². The molecule has 0 radical (unpaired) electrons. The number of hydrogen-bond acceptors (Lipinski definition) is 9. The van der Waals surface area contributed by atoms with Gasteiger partial charge in [0.25, 0.3) is 0 Å². The average molecular weight is 562 g/mol. The molecule has 1 saturated carbocycles. The van der Waals surface area contributed by atoms with Gasteiger partial charge in [0.05, 0.1) is 55.4 Å². The third-order valence-electron chi connectivity index (χ3n) is 7.69. The summed E-state index contributed by atoms with van der Waals surface area (Å²) in [6.45, 7) is 6.67. The van der Waals surface area contributed by atoms with Crippen LogP contribution < -0.4 is 14.8 Å². The van der Waals surface area contributed by atoms with E-state index in [0.717, 1.165) is 51.4 Å². The lowest BCUT2D eigenvalue weighted by Crippen LogP contribution is -2.38. The van der Waals surface area contributed by atoms with Gasteiger partial charge in [-0.05, 0) is 24.5 Å². The van der Waals surface area contributed by atoms with Crippen LogP contribution in [0.1, 0.15) is 31.0 Å². The molecule has 4 aromatic rings. The summed E-state index contributed by atoms with van der Waals surface area (Å²) < 4.78 is 37.2. The summed E-state index contributed by atoms with van der Waals surface area (Å²) in [5.41, 5.74) is 3.39. The molecule has 11 heteroatoms. The van der Waals surface area contributed by atoms with Crippen molar-refractivity contribution in [3.63, 3.8) is 0 Å². The summed E-state index contributed by atoms with van der Waals surface area (Å²) in [6.07, 6.45) is 3.54. The lowest BCUT2D eigenvalue weighted by molar-refractivity contribution is -0.115. The van der Waals surface area contributed by atoms with Gasteiger partial charge in [0.2, 0.25) is 11.8 Å². The minimum atomic E-state index is -0.509. The van der Waals surface area contributed by atoms with Crippen molar-refractivity contribution in [3.05, 3.63) is 59.7 Å². The summed E-state index contributed by atoms with van der Waals surface area (Å²) in [7, 11) is 1.58. The predicted molar refractivity (Wildman–Crippen MR) is 150 cm³/mol. The average Bonchev–Trinajstić information content (AvgIpc) is 3.55. The molecule has 0 unspecified atom stereocenters. The van der Waals surface area contributed by atoms with Gasteiger partial charge >= 0.3 is 0 Å². The van der Waals surface area contributed by atoms with Crippen LogP contribution in [0.5, 0.6) is 11.5 Å². The summed E-state index contributed by atoms with van der Waals surface area (Å²) >= 11 is 0. The first-order valence-corrected chi connectivity index (χ1v) is 13.7. The zero-order valence-electron chi connectivity index (χ0n) is 23.1. The number of ether oxygens (including phenoxy) is 3. The van der Waals surface area contributed by atoms with Crippen molar-refractivity contribution >= 4 is 22.8 Å². The highest BCUT2D eigenvalue weighted by atomic mass is 19.1. The fraction of sp³-hybridized carbons (Fsp3) is 0.400. The first-order valence-electron chi connectivity index (χ1n) is 13.7. The molecule has 6 rings (SSSR count). The standard InChI is InChI=1S/C30H32FN5O5/c1-30(5-6-30)27-17-29(41-35-27)34-28(37)14-19-3-4-20(13-21(19)31)24-18-32-22-15-26(25(38-2)16-23(22)33-24)40-12-9-36-7-10-39-11-8-36/h3-4,13,15-18H,5-12,14H2,1-2H3,(H,34,37). The van der Waals surface area contributed by atoms with Gasteiger partial charge in [-0.15, -0.1) is 0 Å². The lowest BCUT2D eigenvalue weighted by Gasteiger charge is -2.26. The Kier molecular flexibility index (Phi) is 7.55. The summed E-state index contributed by atoms with van der Waals surface area (Å²) in [4.78, 5) is 24.0. The van der Waals surface area contributed by atoms with E-state index in [0.29, 0.717) is 40.4 Å². The number of amides is 1. The van der Waals surface area contributed by atoms with E-state index in [-0.39, 0.29) is 29.2 Å². The molecule has 1 aliphatic carbocycles. The Morgan fingerprint density at radius 1 is 1.12 bits per heavy atom. The molecule has 2 fully saturated rings. The largest absolute Gasteiger partial charge is 0.493 e. The number of benzene rings is 2. The van der Waals surface area contributed by atoms with Gasteiger partial charge in [0, 0.05) is 48.8 Å². The van der Waals surface area contributed by atoms with Gasteiger partial charge in [0.15, 0.2) is 11.5 Å². The summed E-state index contributed by atoms with van der Waals surface area (Å²) in [5.74, 6) is 0.504. The first-order chi connectivity index (χ1) is 19.9. The highest BCUT2D eigenvalue weighted by Gasteiger charge is 2.42. The number of morpholine rings is 1. The molecule has 214 valence electrons. The Labute approximate surface area is 236 Å². The Morgan fingerprint density at radius 2 is 1.93 bits per heavy atom. The number of anilines is 1. The molecule has 0 atom stereocenters. The van der Waals surface area contributed by atoms with Gasteiger partial charge in [-0.3, -0.25) is 20.0 Å². The zero-order valence-corrected chi connectivity index (χ0v) is 23.1. The molecule has 0 bridgehead atoms. The van der Waals surface area contributed by atoms with Crippen molar-refractivity contribution in [2.75, 3.05) is 51.9 Å². The molecule has 2 aliphatic rings. The van der Waals surface area contributed by atoms with E-state index in [1.165, 1.54) is 6.07 Å². The molecule has 1 saturated heterocycles. The molecule has 1 N–H and O–H groups in total. The first kappa shape index (κ1) is 27.1. The number of rotatable bonds is 10. The maximum atomic E-state index is 15.0. The van der Waals surface area contributed by atoms with Crippen molar-refractivity contribution in [2.24, 2.45) is 0 Å². The minimum absolute atomic E-state index is 0.0321. The third kappa shape index (κ3) is 6.15. The highest BCUT2D eigenvalue weighted by molar-refractivity contribution is 5.91. The Morgan fingerprint density at radius 3 is 2.68 bits per heavy atom. The molecule has 41 heavy (non-hydrogen) atoms. The van der Waals surface area contributed by atoms with Gasteiger partial charge in [-0.2, -0.15) is 0 Å². The molecule has 2 aromatic carbocycles. The number of halogens is 1. The van der Waals surface area contributed by atoms with Crippen molar-refractivity contribution in [1.82, 2.24) is 20.0 Å². The van der Waals surface area contributed by atoms with E-state index in [2.05, 4.69) is 32.3 Å². The van der Waals surface area contributed by atoms with Gasteiger partial charge < -0.3 is 18.7 Å². The smallest absolute Gasteiger partial charge is 0.231 e. The number of carbonyl (C=O) groups excluding carboxylic acids is 1. The zero-order chi connectivity index (χ0) is 28.4. The normalized spacial score (nSPS) is 16.5. The molecular weight excluding hydrogens is 529 g/mol. The molecular formula is C30H32FN5O5. The molecule has 10 nitrogen and oxygen atoms in total. The van der Waals surface area contributed by atoms with Crippen LogP contribution in [0.3, 0.4) is 0 Å². The van der Waals surface area contributed by atoms with Crippen molar-refractivity contribution in [1.29, 1.82) is 0 Å². The number of nitrogens with zero attached hydrogens (tertiary/aromatic N) is 4. The second-order valence-electron chi connectivity index (χ2n) is 10.7. The van der Waals surface area contributed by atoms with Gasteiger partial charge in [-0.1, -0.05) is 24.2 Å². The SMILES string of the molecule is COc1cc2nc(-c3ccc(CC(=O)Nc4cc(C5(C)CC5)no4)c(F)c3)cnc2cc1OCCN1CCOCC1. The number of aromatic nitrogens is 3. The highest BCUT2D eigenvalue weighted by Crippen LogP contribution is 2.47. The summed E-state index contributed by atoms with van der Waals surface area (Å²) in [6, 6.07) is 9.97. The maximum Gasteiger partial charge on any atom is 0.231 e. The Balaban J connectivity index is 1.12. The van der Waals surface area contributed by atoms with Crippen molar-refractivity contribution in [2.45, 2.75) is 31.6 Å². The van der Waals surface area contributed by atoms with Crippen LogP contribution in [0.2, 0.25) is 0 Å². The second kappa shape index (κ2) is 11.4. The predicted octanol–water partition coefficient (Wildman–Crippen LogP) is 4.38. The molecule has 1 aliphatic heterocycles. The Bertz CT molecular complexity index is 1560. The van der Waals surface area contributed by atoms with Crippen molar-refractivity contribution < 1.29 is 27.9 Å². The van der Waals surface area contributed by atoms with Crippen molar-refractivity contribution in [3.8, 4) is 22.8 Å². The minimum Gasteiger partial charge on any atom is -0.493 e. The molecule has 0 spiro atoms. The van der Waals surface area contributed by atoms with Crippen LogP contribution in [0.15, 0.2) is 47.1 Å². The number of methoxy groups -OCH3 is 1. The Hall–Kier alpha value is -4.09. The number of hydrogen-bond donors (Lipinski definition) is 1. The van der Waals surface area contributed by atoms with Gasteiger partial charge in [-0.25, -0.2) is 9.37 Å². The fourth-order valence-electron chi connectivity index (χ4n) is 4.81. The third-order valence-corrected chi connectivity index (χ3v) is 7.69. The molecule has 1 amide bonds. The molecule has 3 heterocycles. The number of fused-ring (bicyclic) bond motifs is 1. The number of nitrogens with one attached hydrogen (secondary N) is 1. The van der Waals surface area contributed by atoms with Crippen LogP contribution in [0, 0.1) is 5.82 Å². The van der Waals surface area contributed by atoms with Crippen LogP contribution in [-0.4, -0.2) is 72.5 Å². The van der Waals surface area contributed by atoms with E-state index in [1.807, 2.05) is 0 Å². The van der Waals surface area contributed by atoms with E-state index < -0.39 is 5.82 Å². The monoisotopic (exact) mass is 561 g/mol. The van der Waals surface area contributed by atoms with Crippen LogP contribution in [-0.2, 0) is 21.4 Å². The molecule has 2 aromatic heterocycles. The van der Waals surface area contributed by atoms with E-state index in [9.17, 15) is 4.79 Å². The topological polar surface area (TPSA) is 112 Å². The van der Waals surface area contributed by atoms with Gasteiger partial charge in [0.1, 0.15) is 12.4 Å². The van der Waals surface area contributed by atoms with E-state index in [4.69, 9.17) is 18.7 Å². The fourth-order valence-corrected chi connectivity index (χ4v) is 4.81. The van der Waals surface area contributed by atoms with E-state index >= 15 is 4.39 Å². The maximum absolute atomic E-state index is 15.0. The quantitative estimate of drug-likeness (QED) is 0.302. The number of carbonyl (C=O) groups is 1.